The predicted molar refractivity (Wildman–Crippen MR) is 67.5 cm³/mol. The Bertz CT molecular complexity index is 344. The Kier molecular flexibility index (Phi) is 5.11. The summed E-state index contributed by atoms with van der Waals surface area (Å²) in [6.45, 7) is 1.81. The van der Waals surface area contributed by atoms with Crippen LogP contribution in [-0.2, 0) is 4.74 Å². The molecule has 5 heteroatoms. The van der Waals surface area contributed by atoms with E-state index >= 15 is 0 Å². The SMILES string of the molecule is CC(CBr)OC(=O)Nc1cccc(Br)c1. The van der Waals surface area contributed by atoms with Gasteiger partial charge in [-0.15, -0.1) is 0 Å². The molecule has 0 aliphatic rings. The summed E-state index contributed by atoms with van der Waals surface area (Å²) in [5, 5.41) is 3.26. The summed E-state index contributed by atoms with van der Waals surface area (Å²) in [6.07, 6.45) is -0.586. The van der Waals surface area contributed by atoms with Crippen LogP contribution in [0.1, 0.15) is 6.92 Å². The van der Waals surface area contributed by atoms with E-state index in [1.165, 1.54) is 0 Å². The van der Waals surface area contributed by atoms with Crippen LogP contribution in [0.2, 0.25) is 0 Å². The van der Waals surface area contributed by atoms with Gasteiger partial charge in [0.1, 0.15) is 6.10 Å². The summed E-state index contributed by atoms with van der Waals surface area (Å²) in [5.74, 6) is 0. The lowest BCUT2D eigenvalue weighted by Gasteiger charge is -2.11. The van der Waals surface area contributed by atoms with Gasteiger partial charge in [-0.1, -0.05) is 37.9 Å². The van der Waals surface area contributed by atoms with E-state index in [4.69, 9.17) is 4.74 Å². The fourth-order valence-electron chi connectivity index (χ4n) is 0.928. The molecule has 0 aliphatic carbocycles. The van der Waals surface area contributed by atoms with E-state index in [0.29, 0.717) is 11.0 Å². The molecular formula is C10H11Br2NO2. The van der Waals surface area contributed by atoms with Gasteiger partial charge in [-0.3, -0.25) is 5.32 Å². The molecule has 0 spiro atoms. The number of alkyl halides is 1. The van der Waals surface area contributed by atoms with E-state index in [1.54, 1.807) is 12.1 Å². The molecule has 0 saturated carbocycles. The lowest BCUT2D eigenvalue weighted by molar-refractivity contribution is 0.132. The molecule has 0 aliphatic heterocycles. The number of hydrogen-bond acceptors (Lipinski definition) is 2. The van der Waals surface area contributed by atoms with Crippen LogP contribution >= 0.6 is 31.9 Å². The summed E-state index contributed by atoms with van der Waals surface area (Å²) >= 11 is 6.54. The van der Waals surface area contributed by atoms with Crippen molar-refractivity contribution in [2.75, 3.05) is 10.6 Å². The molecule has 1 aromatic carbocycles. The number of benzene rings is 1. The molecule has 82 valence electrons. The summed E-state index contributed by atoms with van der Waals surface area (Å²) in [7, 11) is 0. The summed E-state index contributed by atoms with van der Waals surface area (Å²) in [6, 6.07) is 7.33. The van der Waals surface area contributed by atoms with Crippen LogP contribution in [0.15, 0.2) is 28.7 Å². The van der Waals surface area contributed by atoms with Crippen molar-refractivity contribution in [3.8, 4) is 0 Å². The topological polar surface area (TPSA) is 38.3 Å². The van der Waals surface area contributed by atoms with Crippen LogP contribution in [0.25, 0.3) is 0 Å². The Hall–Kier alpha value is -0.550. The Morgan fingerprint density at radius 3 is 2.93 bits per heavy atom. The number of anilines is 1. The van der Waals surface area contributed by atoms with Crippen molar-refractivity contribution >= 4 is 43.6 Å². The van der Waals surface area contributed by atoms with Crippen molar-refractivity contribution in [3.63, 3.8) is 0 Å². The summed E-state index contributed by atoms with van der Waals surface area (Å²) < 4.78 is 5.94. The molecule has 0 saturated heterocycles. The van der Waals surface area contributed by atoms with Crippen LogP contribution in [0.5, 0.6) is 0 Å². The molecule has 1 unspecified atom stereocenters. The highest BCUT2D eigenvalue weighted by molar-refractivity contribution is 9.10. The third-order valence-electron chi connectivity index (χ3n) is 1.60. The molecule has 1 atom stereocenters. The van der Waals surface area contributed by atoms with E-state index in [1.807, 2.05) is 19.1 Å². The summed E-state index contributed by atoms with van der Waals surface area (Å²) in [5.41, 5.74) is 0.705. The van der Waals surface area contributed by atoms with Gasteiger partial charge < -0.3 is 4.74 Å². The standard InChI is InChI=1S/C10H11Br2NO2/c1-7(6-11)15-10(14)13-9-4-2-3-8(12)5-9/h2-5,7H,6H2,1H3,(H,13,14). The molecule has 15 heavy (non-hydrogen) atoms. The van der Waals surface area contributed by atoms with Crippen molar-refractivity contribution in [1.29, 1.82) is 0 Å². The smallest absolute Gasteiger partial charge is 0.411 e. The van der Waals surface area contributed by atoms with Crippen LogP contribution in [0.3, 0.4) is 0 Å². The number of carbonyl (C=O) groups excluding carboxylic acids is 1. The van der Waals surface area contributed by atoms with Crippen molar-refractivity contribution in [2.24, 2.45) is 0 Å². The number of amides is 1. The number of carbonyl (C=O) groups is 1. The number of ether oxygens (including phenoxy) is 1. The molecule has 0 fully saturated rings. The molecular weight excluding hydrogens is 326 g/mol. The molecule has 0 heterocycles. The van der Waals surface area contributed by atoms with Gasteiger partial charge in [-0.25, -0.2) is 4.79 Å². The Morgan fingerprint density at radius 1 is 1.60 bits per heavy atom. The van der Waals surface area contributed by atoms with Gasteiger partial charge in [0, 0.05) is 15.5 Å². The van der Waals surface area contributed by atoms with Crippen LogP contribution < -0.4 is 5.32 Å². The second-order valence-corrected chi connectivity index (χ2v) is 4.57. The quantitative estimate of drug-likeness (QED) is 0.853. The highest BCUT2D eigenvalue weighted by Gasteiger charge is 2.07. The Balaban J connectivity index is 2.51. The third-order valence-corrected chi connectivity index (χ3v) is 3.00. The highest BCUT2D eigenvalue weighted by Crippen LogP contribution is 2.15. The van der Waals surface area contributed by atoms with Gasteiger partial charge in [-0.05, 0) is 25.1 Å². The second kappa shape index (κ2) is 6.12. The van der Waals surface area contributed by atoms with Gasteiger partial charge in [-0.2, -0.15) is 0 Å². The number of halogens is 2. The lowest BCUT2D eigenvalue weighted by Crippen LogP contribution is -2.20. The minimum absolute atomic E-state index is 0.142. The van der Waals surface area contributed by atoms with Crippen LogP contribution in [0, 0.1) is 0 Å². The van der Waals surface area contributed by atoms with Gasteiger partial charge >= 0.3 is 6.09 Å². The van der Waals surface area contributed by atoms with Crippen molar-refractivity contribution < 1.29 is 9.53 Å². The highest BCUT2D eigenvalue weighted by atomic mass is 79.9. The first-order chi connectivity index (χ1) is 7.11. The molecule has 1 N–H and O–H groups in total. The first-order valence-electron chi connectivity index (χ1n) is 4.41. The molecule has 0 radical (unpaired) electrons. The maximum atomic E-state index is 11.3. The van der Waals surface area contributed by atoms with Crippen molar-refractivity contribution in [2.45, 2.75) is 13.0 Å². The number of rotatable bonds is 3. The van der Waals surface area contributed by atoms with Gasteiger partial charge in [0.25, 0.3) is 0 Å². The van der Waals surface area contributed by atoms with Crippen LogP contribution in [0.4, 0.5) is 10.5 Å². The maximum absolute atomic E-state index is 11.3. The number of hydrogen-bond donors (Lipinski definition) is 1. The molecule has 1 aromatic rings. The van der Waals surface area contributed by atoms with Gasteiger partial charge in [0.15, 0.2) is 0 Å². The minimum atomic E-state index is -0.444. The Labute approximate surface area is 105 Å². The van der Waals surface area contributed by atoms with Crippen LogP contribution in [-0.4, -0.2) is 17.5 Å². The first kappa shape index (κ1) is 12.5. The molecule has 1 rings (SSSR count). The largest absolute Gasteiger partial charge is 0.445 e. The van der Waals surface area contributed by atoms with Gasteiger partial charge in [0.2, 0.25) is 0 Å². The summed E-state index contributed by atoms with van der Waals surface area (Å²) in [4.78, 5) is 11.3. The van der Waals surface area contributed by atoms with Crippen molar-refractivity contribution in [3.05, 3.63) is 28.7 Å². The lowest BCUT2D eigenvalue weighted by atomic mass is 10.3. The normalized spacial score (nSPS) is 11.9. The van der Waals surface area contributed by atoms with E-state index < -0.39 is 6.09 Å². The fourth-order valence-corrected chi connectivity index (χ4v) is 1.46. The van der Waals surface area contributed by atoms with Gasteiger partial charge in [0.05, 0.1) is 0 Å². The average molecular weight is 337 g/mol. The van der Waals surface area contributed by atoms with Crippen molar-refractivity contribution in [1.82, 2.24) is 0 Å². The monoisotopic (exact) mass is 335 g/mol. The zero-order valence-corrected chi connectivity index (χ0v) is 11.3. The van der Waals surface area contributed by atoms with E-state index in [2.05, 4.69) is 37.2 Å². The molecule has 3 nitrogen and oxygen atoms in total. The minimum Gasteiger partial charge on any atom is -0.445 e. The Morgan fingerprint density at radius 2 is 2.33 bits per heavy atom. The van der Waals surface area contributed by atoms with E-state index in [9.17, 15) is 4.79 Å². The first-order valence-corrected chi connectivity index (χ1v) is 6.32. The van der Waals surface area contributed by atoms with E-state index in [0.717, 1.165) is 4.47 Å². The fraction of sp³-hybridized carbons (Fsp3) is 0.300. The van der Waals surface area contributed by atoms with E-state index in [-0.39, 0.29) is 6.10 Å². The zero-order chi connectivity index (χ0) is 11.3. The maximum Gasteiger partial charge on any atom is 0.411 e. The molecule has 0 aromatic heterocycles. The number of nitrogens with one attached hydrogen (secondary N) is 1. The molecule has 1 amide bonds. The zero-order valence-electron chi connectivity index (χ0n) is 8.17. The third kappa shape index (κ3) is 4.66. The second-order valence-electron chi connectivity index (χ2n) is 3.01. The average Bonchev–Trinajstić information content (AvgIpc) is 2.17. The molecule has 0 bridgehead atoms. The predicted octanol–water partition coefficient (Wildman–Crippen LogP) is 3.78.